The molecule has 1 aromatic heterocycles. The third-order valence-electron chi connectivity index (χ3n) is 5.82. The highest BCUT2D eigenvalue weighted by molar-refractivity contribution is 9.10. The minimum absolute atomic E-state index is 0.0418. The summed E-state index contributed by atoms with van der Waals surface area (Å²) in [5.41, 5.74) is 1.95. The molecule has 0 saturated heterocycles. The highest BCUT2D eigenvalue weighted by Crippen LogP contribution is 2.43. The number of nitro benzene ring substituents is 1. The van der Waals surface area contributed by atoms with Crippen molar-refractivity contribution in [2.75, 3.05) is 20.8 Å². The number of nitrogens with zero attached hydrogens (tertiary/aromatic N) is 5. The van der Waals surface area contributed by atoms with E-state index in [1.807, 2.05) is 28.8 Å². The smallest absolute Gasteiger partial charge is 0.269 e. The molecule has 12 nitrogen and oxygen atoms in total. The summed E-state index contributed by atoms with van der Waals surface area (Å²) in [6.07, 6.45) is 0. The molecule has 14 heteroatoms. The second kappa shape index (κ2) is 12.8. The molecule has 40 heavy (non-hydrogen) atoms. The lowest BCUT2D eigenvalue weighted by molar-refractivity contribution is -0.479. The van der Waals surface area contributed by atoms with Crippen LogP contribution in [0.4, 0.5) is 5.69 Å². The number of aryl methyl sites for hydroxylation is 1. The van der Waals surface area contributed by atoms with Gasteiger partial charge >= 0.3 is 0 Å². The average molecular weight is 630 g/mol. The van der Waals surface area contributed by atoms with E-state index in [0.717, 1.165) is 5.69 Å². The summed E-state index contributed by atoms with van der Waals surface area (Å²) >= 11 is 4.71. The topological polar surface area (TPSA) is 145 Å². The van der Waals surface area contributed by atoms with Crippen molar-refractivity contribution in [3.8, 4) is 22.9 Å². The molecule has 0 radical (unpaired) electrons. The molecule has 208 valence electrons. The van der Waals surface area contributed by atoms with Gasteiger partial charge in [0, 0.05) is 22.7 Å². The molecular weight excluding hydrogens is 606 g/mol. The van der Waals surface area contributed by atoms with Crippen molar-refractivity contribution in [3.63, 3.8) is 0 Å². The van der Waals surface area contributed by atoms with Crippen LogP contribution in [0.3, 0.4) is 0 Å². The van der Waals surface area contributed by atoms with Gasteiger partial charge in [-0.1, -0.05) is 23.9 Å². The fourth-order valence-electron chi connectivity index (χ4n) is 3.90. The Morgan fingerprint density at radius 1 is 1.02 bits per heavy atom. The van der Waals surface area contributed by atoms with Gasteiger partial charge in [0.05, 0.1) is 23.6 Å². The Morgan fingerprint density at radius 3 is 2.42 bits per heavy atom. The van der Waals surface area contributed by atoms with Crippen LogP contribution in [0.1, 0.15) is 22.2 Å². The summed E-state index contributed by atoms with van der Waals surface area (Å²) in [6, 6.07) is 16.9. The van der Waals surface area contributed by atoms with Gasteiger partial charge in [-0.25, -0.2) is 0 Å². The van der Waals surface area contributed by atoms with Crippen LogP contribution in [0.2, 0.25) is 0 Å². The van der Waals surface area contributed by atoms with Gasteiger partial charge in [0.25, 0.3) is 5.69 Å². The molecule has 1 atom stereocenters. The van der Waals surface area contributed by atoms with Crippen LogP contribution < -0.4 is 14.2 Å². The number of hydrogen-bond acceptors (Lipinski definition) is 10. The molecule has 0 N–H and O–H groups in total. The Labute approximate surface area is 241 Å². The molecule has 0 saturated carbocycles. The Morgan fingerprint density at radius 2 is 1.77 bits per heavy atom. The van der Waals surface area contributed by atoms with Crippen molar-refractivity contribution >= 4 is 33.4 Å². The third-order valence-corrected chi connectivity index (χ3v) is 7.59. The predicted octanol–water partition coefficient (Wildman–Crippen LogP) is 5.95. The van der Waals surface area contributed by atoms with Crippen molar-refractivity contribution in [3.05, 3.63) is 102 Å². The largest absolute Gasteiger partial charge is 0.497 e. The predicted molar refractivity (Wildman–Crippen MR) is 151 cm³/mol. The molecule has 0 aliphatic carbocycles. The summed E-state index contributed by atoms with van der Waals surface area (Å²) in [4.78, 5) is 21.9. The molecule has 4 rings (SSSR count). The van der Waals surface area contributed by atoms with Crippen molar-refractivity contribution in [2.24, 2.45) is 0 Å². The van der Waals surface area contributed by atoms with Gasteiger partial charge in [-0.2, -0.15) is 0 Å². The van der Waals surface area contributed by atoms with E-state index in [4.69, 9.17) is 14.2 Å². The number of benzene rings is 3. The minimum Gasteiger partial charge on any atom is -0.497 e. The first-order valence-corrected chi connectivity index (χ1v) is 13.5. The quantitative estimate of drug-likeness (QED) is 0.105. The van der Waals surface area contributed by atoms with Crippen LogP contribution >= 0.6 is 27.7 Å². The van der Waals surface area contributed by atoms with Crippen LogP contribution in [0.5, 0.6) is 17.2 Å². The molecule has 0 unspecified atom stereocenters. The van der Waals surface area contributed by atoms with Crippen LogP contribution in [0, 0.1) is 27.2 Å². The SMILES string of the molecule is COc1ccc(-n2c(C)nnc2S[C@H](C[N+](=O)[O-])c2cc(Br)c(OCc3cccc([N+](=O)[O-])c3)c(OC)c2)cc1. The molecule has 4 aromatic rings. The highest BCUT2D eigenvalue weighted by Gasteiger charge is 2.26. The lowest BCUT2D eigenvalue weighted by Crippen LogP contribution is -2.12. The molecule has 3 aromatic carbocycles. The Kier molecular flexibility index (Phi) is 9.22. The van der Waals surface area contributed by atoms with Crippen LogP contribution in [0.15, 0.2) is 70.3 Å². The molecule has 0 aliphatic rings. The molecule has 0 bridgehead atoms. The van der Waals surface area contributed by atoms with Crippen molar-refractivity contribution in [1.29, 1.82) is 0 Å². The Balaban J connectivity index is 1.63. The van der Waals surface area contributed by atoms with Gasteiger partial charge < -0.3 is 14.2 Å². The lowest BCUT2D eigenvalue weighted by atomic mass is 10.1. The second-order valence-electron chi connectivity index (χ2n) is 8.43. The van der Waals surface area contributed by atoms with Gasteiger partial charge in [0.15, 0.2) is 16.7 Å². The summed E-state index contributed by atoms with van der Waals surface area (Å²) in [7, 11) is 3.05. The van der Waals surface area contributed by atoms with Gasteiger partial charge in [0.1, 0.15) is 23.4 Å². The zero-order valence-corrected chi connectivity index (χ0v) is 24.0. The number of aromatic nitrogens is 3. The van der Waals surface area contributed by atoms with Crippen molar-refractivity contribution in [2.45, 2.75) is 23.9 Å². The third kappa shape index (κ3) is 6.69. The summed E-state index contributed by atoms with van der Waals surface area (Å²) in [5, 5.41) is 31.1. The maximum atomic E-state index is 11.7. The Bertz CT molecular complexity index is 1530. The zero-order valence-electron chi connectivity index (χ0n) is 21.6. The highest BCUT2D eigenvalue weighted by atomic mass is 79.9. The molecule has 0 aliphatic heterocycles. The monoisotopic (exact) mass is 629 g/mol. The summed E-state index contributed by atoms with van der Waals surface area (Å²) in [5.74, 6) is 2.02. The maximum Gasteiger partial charge on any atom is 0.269 e. The molecule has 0 amide bonds. The minimum atomic E-state index is -0.647. The molecule has 1 heterocycles. The van der Waals surface area contributed by atoms with Crippen LogP contribution in [-0.2, 0) is 6.61 Å². The second-order valence-corrected chi connectivity index (χ2v) is 10.5. The number of hydrogen-bond donors (Lipinski definition) is 0. The number of thioether (sulfide) groups is 1. The molecule has 0 fully saturated rings. The van der Waals surface area contributed by atoms with Crippen molar-refractivity contribution in [1.82, 2.24) is 14.8 Å². The number of nitro groups is 2. The zero-order chi connectivity index (χ0) is 28.8. The number of ether oxygens (including phenoxy) is 3. The van der Waals surface area contributed by atoms with E-state index in [0.29, 0.717) is 43.8 Å². The normalized spacial score (nSPS) is 11.6. The standard InChI is InChI=1S/C26H24BrN5O7S/c1-16-28-29-26(31(16)19-7-9-21(37-2)10-8-19)40-24(14-30(33)34)18-12-22(27)25(23(13-18)38-3)39-15-17-5-4-6-20(11-17)32(35)36/h4-13,24H,14-15H2,1-3H3/t24-/m1/s1. The van der Waals surface area contributed by atoms with E-state index in [1.165, 1.54) is 31.0 Å². The van der Waals surface area contributed by atoms with E-state index in [2.05, 4.69) is 26.1 Å². The van der Waals surface area contributed by atoms with Gasteiger partial charge in [-0.15, -0.1) is 10.2 Å². The van der Waals surface area contributed by atoms with Crippen LogP contribution in [-0.4, -0.2) is 45.4 Å². The number of halogens is 1. The first kappa shape index (κ1) is 28.8. The van der Waals surface area contributed by atoms with E-state index < -0.39 is 10.2 Å². The first-order valence-electron chi connectivity index (χ1n) is 11.8. The van der Waals surface area contributed by atoms with E-state index in [9.17, 15) is 20.2 Å². The lowest BCUT2D eigenvalue weighted by Gasteiger charge is -2.18. The summed E-state index contributed by atoms with van der Waals surface area (Å²) < 4.78 is 19.1. The number of non-ortho nitro benzene ring substituents is 1. The van der Waals surface area contributed by atoms with Crippen molar-refractivity contribution < 1.29 is 24.1 Å². The fraction of sp³-hybridized carbons (Fsp3) is 0.231. The van der Waals surface area contributed by atoms with E-state index in [1.54, 1.807) is 38.3 Å². The number of methoxy groups -OCH3 is 2. The average Bonchev–Trinajstić information content (AvgIpc) is 3.31. The maximum absolute atomic E-state index is 11.7. The first-order chi connectivity index (χ1) is 19.2. The molecule has 0 spiro atoms. The number of rotatable bonds is 12. The van der Waals surface area contributed by atoms with Gasteiger partial charge in [-0.05, 0) is 70.4 Å². The van der Waals surface area contributed by atoms with E-state index >= 15 is 0 Å². The van der Waals surface area contributed by atoms with Gasteiger partial charge in [-0.3, -0.25) is 24.8 Å². The summed E-state index contributed by atoms with van der Waals surface area (Å²) in [6.45, 7) is 1.47. The fourth-order valence-corrected chi connectivity index (χ4v) is 5.63. The van der Waals surface area contributed by atoms with Gasteiger partial charge in [0.2, 0.25) is 6.54 Å². The van der Waals surface area contributed by atoms with E-state index in [-0.39, 0.29) is 23.8 Å². The van der Waals surface area contributed by atoms with Crippen LogP contribution in [0.25, 0.3) is 5.69 Å². The Hall–Kier alpha value is -4.17. The molecular formula is C26H24BrN5O7S.